The Balaban J connectivity index is 2.18. The van der Waals surface area contributed by atoms with E-state index in [0.29, 0.717) is 5.92 Å². The fraction of sp³-hybridized carbons (Fsp3) is 0.333. The van der Waals surface area contributed by atoms with Gasteiger partial charge in [-0.25, -0.2) is 4.79 Å². The molecule has 1 aliphatic rings. The molecule has 100 valence electrons. The van der Waals surface area contributed by atoms with Crippen molar-refractivity contribution in [2.24, 2.45) is 5.92 Å². The molecule has 4 heteroatoms. The van der Waals surface area contributed by atoms with Gasteiger partial charge in [-0.1, -0.05) is 18.2 Å². The van der Waals surface area contributed by atoms with Crippen LogP contribution in [0.2, 0.25) is 0 Å². The summed E-state index contributed by atoms with van der Waals surface area (Å²) in [6.45, 7) is 1.54. The van der Waals surface area contributed by atoms with Gasteiger partial charge >= 0.3 is 5.63 Å². The molecule has 1 N–H and O–H groups in total. The maximum atomic E-state index is 11.9. The molecule has 1 heterocycles. The third-order valence-corrected chi connectivity index (χ3v) is 3.13. The van der Waals surface area contributed by atoms with Crippen LogP contribution in [0.15, 0.2) is 39.6 Å². The van der Waals surface area contributed by atoms with E-state index < -0.39 is 11.4 Å². The smallest absolute Gasteiger partial charge is 0.351 e. The molecule has 19 heavy (non-hydrogen) atoms. The molecule has 0 aromatic carbocycles. The van der Waals surface area contributed by atoms with Gasteiger partial charge in [0.25, 0.3) is 0 Å². The molecule has 1 aromatic rings. The maximum Gasteiger partial charge on any atom is 0.351 e. The van der Waals surface area contributed by atoms with Crippen LogP contribution in [0.3, 0.4) is 0 Å². The van der Waals surface area contributed by atoms with Gasteiger partial charge in [0.1, 0.15) is 17.1 Å². The van der Waals surface area contributed by atoms with Crippen molar-refractivity contribution in [1.29, 1.82) is 0 Å². The van der Waals surface area contributed by atoms with E-state index in [1.807, 2.05) is 0 Å². The van der Waals surface area contributed by atoms with Crippen LogP contribution in [0.25, 0.3) is 0 Å². The van der Waals surface area contributed by atoms with Crippen LogP contribution in [0.1, 0.15) is 35.4 Å². The average Bonchev–Trinajstić information content (AvgIpc) is 2.36. The first kappa shape index (κ1) is 13.3. The lowest BCUT2D eigenvalue weighted by Gasteiger charge is -2.12. The molecule has 0 bridgehead atoms. The topological polar surface area (TPSA) is 67.5 Å². The maximum absolute atomic E-state index is 11.9. The second-order valence-corrected chi connectivity index (χ2v) is 4.67. The monoisotopic (exact) mass is 260 g/mol. The number of hydrogen-bond acceptors (Lipinski definition) is 4. The minimum atomic E-state index is -0.796. The zero-order valence-corrected chi connectivity index (χ0v) is 10.8. The number of hydrogen-bond donors (Lipinski definition) is 1. The number of aryl methyl sites for hydroxylation is 1. The number of carbonyl (C=O) groups excluding carboxylic acids is 1. The van der Waals surface area contributed by atoms with E-state index in [-0.39, 0.29) is 17.1 Å². The van der Waals surface area contributed by atoms with Gasteiger partial charge in [0.15, 0.2) is 5.78 Å². The molecule has 2 rings (SSSR count). The summed E-state index contributed by atoms with van der Waals surface area (Å²) in [6.07, 6.45) is 10.2. The molecule has 0 radical (unpaired) electrons. The summed E-state index contributed by atoms with van der Waals surface area (Å²) in [6, 6.07) is 1.27. The summed E-state index contributed by atoms with van der Waals surface area (Å²) in [5.74, 6) is -0.248. The predicted molar refractivity (Wildman–Crippen MR) is 71.3 cm³/mol. The second kappa shape index (κ2) is 5.69. The Morgan fingerprint density at radius 3 is 2.89 bits per heavy atom. The first-order chi connectivity index (χ1) is 9.08. The van der Waals surface area contributed by atoms with Gasteiger partial charge < -0.3 is 9.52 Å². The summed E-state index contributed by atoms with van der Waals surface area (Å²) >= 11 is 0. The Hall–Kier alpha value is -2.10. The van der Waals surface area contributed by atoms with Gasteiger partial charge in [0.2, 0.25) is 0 Å². The van der Waals surface area contributed by atoms with Crippen molar-refractivity contribution >= 4 is 5.78 Å². The Morgan fingerprint density at radius 2 is 2.26 bits per heavy atom. The highest BCUT2D eigenvalue weighted by atomic mass is 16.4. The van der Waals surface area contributed by atoms with Crippen molar-refractivity contribution in [3.8, 4) is 5.75 Å². The lowest BCUT2D eigenvalue weighted by Crippen LogP contribution is -2.13. The largest absolute Gasteiger partial charge is 0.507 e. The van der Waals surface area contributed by atoms with Gasteiger partial charge in [-0.3, -0.25) is 4.79 Å². The highest BCUT2D eigenvalue weighted by Gasteiger charge is 2.16. The fourth-order valence-electron chi connectivity index (χ4n) is 2.12. The predicted octanol–water partition coefficient (Wildman–Crippen LogP) is 2.75. The lowest BCUT2D eigenvalue weighted by atomic mass is 9.93. The van der Waals surface area contributed by atoms with E-state index in [1.54, 1.807) is 13.0 Å². The van der Waals surface area contributed by atoms with Gasteiger partial charge in [0.05, 0.1) is 0 Å². The molecule has 0 aliphatic heterocycles. The number of aromatic hydroxyl groups is 1. The van der Waals surface area contributed by atoms with Crippen LogP contribution in [0, 0.1) is 12.8 Å². The van der Waals surface area contributed by atoms with E-state index in [4.69, 9.17) is 4.42 Å². The molecule has 1 aliphatic carbocycles. The standard InChI is InChI=1S/C15H16O4/c1-10-9-13(17)14(15(18)19-10)12(16)8-7-11-5-3-2-4-6-11/h2-3,7-9,11,17H,4-6H2,1H3. The first-order valence-electron chi connectivity index (χ1n) is 6.29. The molecule has 1 aromatic heterocycles. The van der Waals surface area contributed by atoms with Gasteiger partial charge in [-0.2, -0.15) is 0 Å². The molecular formula is C15H16O4. The molecular weight excluding hydrogens is 244 g/mol. The Labute approximate surface area is 111 Å². The number of ketones is 1. The van der Waals surface area contributed by atoms with E-state index in [0.717, 1.165) is 19.3 Å². The zero-order chi connectivity index (χ0) is 13.8. The van der Waals surface area contributed by atoms with E-state index in [9.17, 15) is 14.7 Å². The third kappa shape index (κ3) is 3.22. The van der Waals surface area contributed by atoms with Gasteiger partial charge in [-0.05, 0) is 38.2 Å². The molecule has 0 amide bonds. The highest BCUT2D eigenvalue weighted by molar-refractivity contribution is 6.06. The first-order valence-corrected chi connectivity index (χ1v) is 6.29. The molecule has 1 atom stereocenters. The van der Waals surface area contributed by atoms with Crippen LogP contribution in [0.4, 0.5) is 0 Å². The molecule has 0 saturated heterocycles. The zero-order valence-electron chi connectivity index (χ0n) is 10.8. The van der Waals surface area contributed by atoms with Crippen molar-refractivity contribution in [1.82, 2.24) is 0 Å². The van der Waals surface area contributed by atoms with Crippen LogP contribution < -0.4 is 5.63 Å². The third-order valence-electron chi connectivity index (χ3n) is 3.13. The second-order valence-electron chi connectivity index (χ2n) is 4.67. The van der Waals surface area contributed by atoms with Crippen LogP contribution in [-0.2, 0) is 0 Å². The SMILES string of the molecule is Cc1cc(O)c(C(=O)C=CC2CC=CCC2)c(=O)o1. The summed E-state index contributed by atoms with van der Waals surface area (Å²) < 4.78 is 4.82. The van der Waals surface area contributed by atoms with Crippen molar-refractivity contribution in [2.75, 3.05) is 0 Å². The van der Waals surface area contributed by atoms with Crippen molar-refractivity contribution in [3.63, 3.8) is 0 Å². The van der Waals surface area contributed by atoms with Gasteiger partial charge in [-0.15, -0.1) is 0 Å². The quantitative estimate of drug-likeness (QED) is 0.515. The molecule has 4 nitrogen and oxygen atoms in total. The molecule has 0 spiro atoms. The normalized spacial score (nSPS) is 18.9. The lowest BCUT2D eigenvalue weighted by molar-refractivity contribution is 0.103. The van der Waals surface area contributed by atoms with Crippen molar-refractivity contribution in [2.45, 2.75) is 26.2 Å². The molecule has 1 unspecified atom stereocenters. The Kier molecular flexibility index (Phi) is 4.00. The number of carbonyl (C=O) groups is 1. The summed E-state index contributed by atoms with van der Waals surface area (Å²) in [4.78, 5) is 23.5. The van der Waals surface area contributed by atoms with Crippen molar-refractivity contribution in [3.05, 3.63) is 52.1 Å². The minimum absolute atomic E-state index is 0.278. The van der Waals surface area contributed by atoms with Crippen LogP contribution >= 0.6 is 0 Å². The number of rotatable bonds is 3. The van der Waals surface area contributed by atoms with E-state index in [2.05, 4.69) is 12.2 Å². The molecule has 0 fully saturated rings. The summed E-state index contributed by atoms with van der Waals surface area (Å²) in [5, 5.41) is 9.65. The summed E-state index contributed by atoms with van der Waals surface area (Å²) in [7, 11) is 0. The van der Waals surface area contributed by atoms with Crippen LogP contribution in [-0.4, -0.2) is 10.9 Å². The average molecular weight is 260 g/mol. The fourth-order valence-corrected chi connectivity index (χ4v) is 2.12. The van der Waals surface area contributed by atoms with E-state index >= 15 is 0 Å². The number of allylic oxidation sites excluding steroid dienone is 4. The molecule has 0 saturated carbocycles. The van der Waals surface area contributed by atoms with Crippen LogP contribution in [0.5, 0.6) is 5.75 Å². The van der Waals surface area contributed by atoms with Gasteiger partial charge in [0, 0.05) is 6.07 Å². The van der Waals surface area contributed by atoms with Crippen molar-refractivity contribution < 1.29 is 14.3 Å². The minimum Gasteiger partial charge on any atom is -0.507 e. The summed E-state index contributed by atoms with van der Waals surface area (Å²) in [5.41, 5.74) is -1.09. The Bertz CT molecular complexity index is 593. The highest BCUT2D eigenvalue weighted by Crippen LogP contribution is 2.20. The Morgan fingerprint density at radius 1 is 1.47 bits per heavy atom. The van der Waals surface area contributed by atoms with E-state index in [1.165, 1.54) is 12.1 Å².